The second-order valence-corrected chi connectivity index (χ2v) is 13.4. The summed E-state index contributed by atoms with van der Waals surface area (Å²) in [6.45, 7) is 4.22. The minimum Gasteiger partial charge on any atom is -0.491 e. The molecule has 5 rings (SSSR count). The highest BCUT2D eigenvalue weighted by Crippen LogP contribution is 2.36. The van der Waals surface area contributed by atoms with Crippen molar-refractivity contribution < 1.29 is 27.3 Å². The van der Waals surface area contributed by atoms with Gasteiger partial charge in [0.25, 0.3) is 0 Å². The number of benzene rings is 2. The number of aromatic nitrogens is 2. The molecule has 1 aliphatic rings. The topological polar surface area (TPSA) is 119 Å². The predicted octanol–water partition coefficient (Wildman–Crippen LogP) is 4.64. The second kappa shape index (κ2) is 11.5. The standard InChI is InChI=1S/C29H31N3O6S2/c1-20(2)38-22-8-10-24(11-9-22)40(36,37)32-16-14-21(15-17-32)26-18-31(19-28(33)34)29-25(26)12-13-27(30-29)39(35)23-6-4-3-5-7-23/h3-13,18,20-21H,14-17,19H2,1-2H3,(H,33,34). The lowest BCUT2D eigenvalue weighted by Crippen LogP contribution is -2.37. The Labute approximate surface area is 235 Å². The Bertz CT molecular complexity index is 1640. The van der Waals surface area contributed by atoms with Gasteiger partial charge >= 0.3 is 5.97 Å². The van der Waals surface area contributed by atoms with Gasteiger partial charge in [-0.2, -0.15) is 4.31 Å². The summed E-state index contributed by atoms with van der Waals surface area (Å²) in [5, 5.41) is 10.6. The number of sulfonamides is 1. The molecule has 3 heterocycles. The van der Waals surface area contributed by atoms with Gasteiger partial charge in [0.2, 0.25) is 10.0 Å². The number of ether oxygens (including phenoxy) is 1. The first-order chi connectivity index (χ1) is 19.1. The maximum absolute atomic E-state index is 13.3. The van der Waals surface area contributed by atoms with Crippen molar-refractivity contribution >= 4 is 37.8 Å². The molecule has 1 fully saturated rings. The maximum atomic E-state index is 13.3. The van der Waals surface area contributed by atoms with Crippen LogP contribution in [0.4, 0.5) is 0 Å². The molecule has 2 aromatic carbocycles. The van der Waals surface area contributed by atoms with Crippen molar-refractivity contribution in [3.63, 3.8) is 0 Å². The zero-order valence-corrected chi connectivity index (χ0v) is 23.9. The Kier molecular flexibility index (Phi) is 8.07. The van der Waals surface area contributed by atoms with Crippen LogP contribution in [0.25, 0.3) is 11.0 Å². The Balaban J connectivity index is 1.37. The number of fused-ring (bicyclic) bond motifs is 1. The molecule has 40 heavy (non-hydrogen) atoms. The van der Waals surface area contributed by atoms with E-state index < -0.39 is 26.8 Å². The molecule has 1 aliphatic heterocycles. The number of hydrogen-bond acceptors (Lipinski definition) is 6. The van der Waals surface area contributed by atoms with Crippen LogP contribution < -0.4 is 4.74 Å². The van der Waals surface area contributed by atoms with Crippen LogP contribution in [0.15, 0.2) is 87.7 Å². The summed E-state index contributed by atoms with van der Waals surface area (Å²) in [5.41, 5.74) is 1.38. The van der Waals surface area contributed by atoms with Gasteiger partial charge in [-0.1, -0.05) is 18.2 Å². The van der Waals surface area contributed by atoms with Crippen molar-refractivity contribution in [3.8, 4) is 5.75 Å². The van der Waals surface area contributed by atoms with E-state index in [9.17, 15) is 22.5 Å². The zero-order chi connectivity index (χ0) is 28.4. The van der Waals surface area contributed by atoms with Crippen LogP contribution in [-0.2, 0) is 32.2 Å². The van der Waals surface area contributed by atoms with E-state index in [2.05, 4.69) is 4.98 Å². The van der Waals surface area contributed by atoms with E-state index in [1.807, 2.05) is 26.0 Å². The van der Waals surface area contributed by atoms with E-state index in [4.69, 9.17) is 4.74 Å². The van der Waals surface area contributed by atoms with Crippen molar-refractivity contribution in [1.82, 2.24) is 13.9 Å². The molecule has 1 atom stereocenters. The molecule has 1 saturated heterocycles. The third-order valence-corrected chi connectivity index (χ3v) is 10.1. The fourth-order valence-electron chi connectivity index (χ4n) is 5.05. The first kappa shape index (κ1) is 28.0. The van der Waals surface area contributed by atoms with Crippen molar-refractivity contribution in [2.75, 3.05) is 13.1 Å². The fraction of sp³-hybridized carbons (Fsp3) is 0.310. The van der Waals surface area contributed by atoms with Crippen molar-refractivity contribution in [2.24, 2.45) is 0 Å². The molecule has 9 nitrogen and oxygen atoms in total. The average Bonchev–Trinajstić information content (AvgIpc) is 3.30. The molecule has 11 heteroatoms. The van der Waals surface area contributed by atoms with Crippen LogP contribution in [0.3, 0.4) is 0 Å². The molecule has 2 aromatic heterocycles. The predicted molar refractivity (Wildman–Crippen MR) is 151 cm³/mol. The van der Waals surface area contributed by atoms with Gasteiger partial charge in [-0.05, 0) is 86.7 Å². The SMILES string of the molecule is CC(C)Oc1ccc(S(=O)(=O)N2CCC(c3cn(CC(=O)O)c4nc(S(=O)c5ccccc5)ccc34)CC2)cc1. The second-order valence-electron chi connectivity index (χ2n) is 10.0. The van der Waals surface area contributed by atoms with Crippen LogP contribution in [-0.4, -0.2) is 56.8 Å². The Morgan fingerprint density at radius 3 is 2.35 bits per heavy atom. The Morgan fingerprint density at radius 2 is 1.73 bits per heavy atom. The van der Waals surface area contributed by atoms with Crippen molar-refractivity contribution in [1.29, 1.82) is 0 Å². The fourth-order valence-corrected chi connectivity index (χ4v) is 7.53. The molecule has 1 unspecified atom stereocenters. The maximum Gasteiger partial charge on any atom is 0.323 e. The van der Waals surface area contributed by atoms with Gasteiger partial charge in [-0.15, -0.1) is 0 Å². The Hall–Kier alpha value is -3.54. The third kappa shape index (κ3) is 5.81. The molecule has 1 N–H and O–H groups in total. The van der Waals surface area contributed by atoms with Gasteiger partial charge in [0, 0.05) is 29.6 Å². The smallest absolute Gasteiger partial charge is 0.323 e. The summed E-state index contributed by atoms with van der Waals surface area (Å²) < 4.78 is 48.4. The first-order valence-corrected chi connectivity index (χ1v) is 15.7. The van der Waals surface area contributed by atoms with Crippen LogP contribution in [0.1, 0.15) is 38.2 Å². The van der Waals surface area contributed by atoms with E-state index in [-0.39, 0.29) is 23.5 Å². The highest BCUT2D eigenvalue weighted by atomic mass is 32.2. The molecule has 4 aromatic rings. The normalized spacial score (nSPS) is 15.9. The molecule has 0 saturated carbocycles. The minimum atomic E-state index is -3.66. The number of carbonyl (C=O) groups is 1. The van der Waals surface area contributed by atoms with Gasteiger partial charge in [0.1, 0.15) is 33.8 Å². The molecular formula is C29H31N3O6S2. The Morgan fingerprint density at radius 1 is 1.05 bits per heavy atom. The summed E-state index contributed by atoms with van der Waals surface area (Å²) in [6, 6.07) is 19.0. The van der Waals surface area contributed by atoms with Crippen molar-refractivity contribution in [2.45, 2.75) is 60.1 Å². The summed E-state index contributed by atoms with van der Waals surface area (Å²) in [6.07, 6.45) is 2.95. The highest BCUT2D eigenvalue weighted by molar-refractivity contribution is 7.89. The number of pyridine rings is 1. The third-order valence-electron chi connectivity index (χ3n) is 6.91. The van der Waals surface area contributed by atoms with Crippen LogP contribution in [0.5, 0.6) is 5.75 Å². The summed E-state index contributed by atoms with van der Waals surface area (Å²) in [7, 11) is -5.17. The largest absolute Gasteiger partial charge is 0.491 e. The lowest BCUT2D eigenvalue weighted by Gasteiger charge is -2.31. The lowest BCUT2D eigenvalue weighted by atomic mass is 9.90. The van der Waals surface area contributed by atoms with Crippen LogP contribution >= 0.6 is 0 Å². The molecule has 0 spiro atoms. The van der Waals surface area contributed by atoms with E-state index >= 15 is 0 Å². The monoisotopic (exact) mass is 581 g/mol. The highest BCUT2D eigenvalue weighted by Gasteiger charge is 2.31. The van der Waals surface area contributed by atoms with Crippen LogP contribution in [0.2, 0.25) is 0 Å². The van der Waals surface area contributed by atoms with Crippen molar-refractivity contribution in [3.05, 3.63) is 78.5 Å². The zero-order valence-electron chi connectivity index (χ0n) is 22.3. The number of hydrogen-bond donors (Lipinski definition) is 1. The van der Waals surface area contributed by atoms with E-state index in [0.29, 0.717) is 47.2 Å². The number of nitrogens with zero attached hydrogens (tertiary/aromatic N) is 3. The summed E-state index contributed by atoms with van der Waals surface area (Å²) >= 11 is 0. The van der Waals surface area contributed by atoms with Gasteiger partial charge < -0.3 is 14.4 Å². The van der Waals surface area contributed by atoms with Gasteiger partial charge in [0.05, 0.1) is 11.0 Å². The number of rotatable bonds is 9. The summed E-state index contributed by atoms with van der Waals surface area (Å²) in [5.74, 6) is -0.363. The van der Waals surface area contributed by atoms with E-state index in [0.717, 1.165) is 10.9 Å². The van der Waals surface area contributed by atoms with Gasteiger partial charge in [-0.3, -0.25) is 4.79 Å². The number of piperidine rings is 1. The van der Waals surface area contributed by atoms with Gasteiger partial charge in [0.15, 0.2) is 0 Å². The summed E-state index contributed by atoms with van der Waals surface area (Å²) in [4.78, 5) is 17.1. The molecule has 0 radical (unpaired) electrons. The molecule has 210 valence electrons. The quantitative estimate of drug-likeness (QED) is 0.306. The number of carboxylic acids is 1. The molecule has 0 bridgehead atoms. The van der Waals surface area contributed by atoms with Crippen LogP contribution in [0, 0.1) is 0 Å². The average molecular weight is 582 g/mol. The lowest BCUT2D eigenvalue weighted by molar-refractivity contribution is -0.137. The van der Waals surface area contributed by atoms with E-state index in [1.165, 1.54) is 4.31 Å². The van der Waals surface area contributed by atoms with Gasteiger partial charge in [-0.25, -0.2) is 17.6 Å². The number of carboxylic acid groups (broad SMARTS) is 1. The van der Waals surface area contributed by atoms with E-state index in [1.54, 1.807) is 65.4 Å². The number of aliphatic carboxylic acids is 1. The first-order valence-electron chi connectivity index (χ1n) is 13.1. The molecular weight excluding hydrogens is 550 g/mol. The molecule has 0 aliphatic carbocycles. The molecule has 0 amide bonds. The minimum absolute atomic E-state index is 0.00395.